The summed E-state index contributed by atoms with van der Waals surface area (Å²) in [5, 5.41) is 21.9. The minimum absolute atomic E-state index is 0.0274. The Kier molecular flexibility index (Phi) is 6.42. The van der Waals surface area contributed by atoms with Gasteiger partial charge in [-0.25, -0.2) is 14.8 Å². The number of aliphatic hydroxyl groups excluding tert-OH is 2. The summed E-state index contributed by atoms with van der Waals surface area (Å²) >= 11 is 6.64. The summed E-state index contributed by atoms with van der Waals surface area (Å²) in [4.78, 5) is 30.6. The highest BCUT2D eigenvalue weighted by Crippen LogP contribution is 2.43. The molecule has 0 unspecified atom stereocenters. The number of hydrogen-bond acceptors (Lipinski definition) is 8. The Bertz CT molecular complexity index is 1260. The quantitative estimate of drug-likeness (QED) is 0.476. The van der Waals surface area contributed by atoms with E-state index in [1.54, 1.807) is 23.2 Å². The van der Waals surface area contributed by atoms with Crippen LogP contribution in [0.25, 0.3) is 11.3 Å². The first kappa shape index (κ1) is 23.3. The van der Waals surface area contributed by atoms with Crippen LogP contribution in [0.1, 0.15) is 12.1 Å². The Labute approximate surface area is 207 Å². The molecule has 2 aliphatic heterocycles. The molecule has 2 bridgehead atoms. The van der Waals surface area contributed by atoms with Crippen molar-refractivity contribution in [1.29, 1.82) is 0 Å². The number of hydrogen-bond donors (Lipinski definition) is 3. The molecule has 5 heterocycles. The lowest BCUT2D eigenvalue weighted by Gasteiger charge is -2.36. The second-order valence-corrected chi connectivity index (χ2v) is 8.97. The van der Waals surface area contributed by atoms with Gasteiger partial charge in [0.2, 0.25) is 5.88 Å². The van der Waals surface area contributed by atoms with Gasteiger partial charge in [0.05, 0.1) is 29.1 Å². The predicted octanol–water partition coefficient (Wildman–Crippen LogP) is 2.86. The van der Waals surface area contributed by atoms with Crippen molar-refractivity contribution in [2.75, 3.05) is 41.4 Å². The van der Waals surface area contributed by atoms with Gasteiger partial charge < -0.3 is 25.2 Å². The van der Waals surface area contributed by atoms with Crippen LogP contribution < -0.4 is 19.9 Å². The van der Waals surface area contributed by atoms with Gasteiger partial charge in [0.1, 0.15) is 12.7 Å². The molecule has 182 valence electrons. The van der Waals surface area contributed by atoms with Gasteiger partial charge in [0, 0.05) is 48.5 Å². The number of carbonyl (C=O) groups is 1. The first-order valence-corrected chi connectivity index (χ1v) is 11.7. The third kappa shape index (κ3) is 4.72. The van der Waals surface area contributed by atoms with Crippen molar-refractivity contribution in [1.82, 2.24) is 15.0 Å². The van der Waals surface area contributed by atoms with E-state index in [1.165, 1.54) is 6.20 Å². The highest BCUT2D eigenvalue weighted by molar-refractivity contribution is 6.33. The van der Waals surface area contributed by atoms with Crippen LogP contribution in [0.15, 0.2) is 42.7 Å². The molecule has 2 atom stereocenters. The van der Waals surface area contributed by atoms with Crippen molar-refractivity contribution in [2.24, 2.45) is 0 Å². The summed E-state index contributed by atoms with van der Waals surface area (Å²) < 4.78 is 5.39. The van der Waals surface area contributed by atoms with Gasteiger partial charge in [-0.3, -0.25) is 9.88 Å². The molecule has 5 rings (SSSR count). The van der Waals surface area contributed by atoms with Crippen LogP contribution in [0, 0.1) is 6.92 Å². The van der Waals surface area contributed by atoms with Crippen LogP contribution in [0.3, 0.4) is 0 Å². The summed E-state index contributed by atoms with van der Waals surface area (Å²) in [5.74, 6) is 0.781. The fourth-order valence-corrected chi connectivity index (χ4v) is 4.62. The van der Waals surface area contributed by atoms with E-state index in [1.807, 2.05) is 25.1 Å². The lowest BCUT2D eigenvalue weighted by Crippen LogP contribution is -2.48. The molecule has 1 saturated heterocycles. The zero-order chi connectivity index (χ0) is 24.5. The normalized spacial score (nSPS) is 17.2. The van der Waals surface area contributed by atoms with E-state index in [0.29, 0.717) is 28.8 Å². The molecule has 0 aliphatic carbocycles. The standard InChI is InChI=1S/C24H25ClN6O4/c1-14-8-15(2-5-26-14)22-19(25)10-20-23(29-22)31(17-4-7-30(20)11-17)24(34)28-16-3-6-27-21(9-16)35-13-18(33)12-32/h2-3,5-6,8-10,17-18,32-33H,4,7,11-13H2,1H3,(H,27,28,34)/t17-,18+/m0/s1. The molecule has 3 aromatic heterocycles. The van der Waals surface area contributed by atoms with E-state index in [2.05, 4.69) is 20.2 Å². The summed E-state index contributed by atoms with van der Waals surface area (Å²) in [5.41, 5.74) is 3.58. The van der Waals surface area contributed by atoms with Crippen LogP contribution in [-0.2, 0) is 0 Å². The van der Waals surface area contributed by atoms with E-state index in [4.69, 9.17) is 26.4 Å². The molecule has 10 nitrogen and oxygen atoms in total. The third-order valence-electron chi connectivity index (χ3n) is 6.04. The Hall–Kier alpha value is -3.47. The number of nitrogens with one attached hydrogen (secondary N) is 1. The number of aromatic nitrogens is 3. The van der Waals surface area contributed by atoms with Gasteiger partial charge in [-0.05, 0) is 37.6 Å². The molecule has 35 heavy (non-hydrogen) atoms. The van der Waals surface area contributed by atoms with Gasteiger partial charge in [-0.1, -0.05) is 11.6 Å². The molecule has 11 heteroatoms. The highest BCUT2D eigenvalue weighted by Gasteiger charge is 2.41. The maximum atomic E-state index is 13.5. The Morgan fingerprint density at radius 3 is 2.91 bits per heavy atom. The fraction of sp³-hybridized carbons (Fsp3) is 0.333. The monoisotopic (exact) mass is 496 g/mol. The number of anilines is 3. The lowest BCUT2D eigenvalue weighted by molar-refractivity contribution is 0.0521. The van der Waals surface area contributed by atoms with E-state index in [9.17, 15) is 9.90 Å². The van der Waals surface area contributed by atoms with Crippen LogP contribution in [0.4, 0.5) is 22.0 Å². The maximum absolute atomic E-state index is 13.5. The van der Waals surface area contributed by atoms with Gasteiger partial charge in [-0.2, -0.15) is 0 Å². The average Bonchev–Trinajstić information content (AvgIpc) is 3.27. The van der Waals surface area contributed by atoms with Gasteiger partial charge >= 0.3 is 6.03 Å². The summed E-state index contributed by atoms with van der Waals surface area (Å²) in [7, 11) is 0. The number of carbonyl (C=O) groups excluding carboxylic acids is 1. The summed E-state index contributed by atoms with van der Waals surface area (Å²) in [6.07, 6.45) is 3.01. The number of urea groups is 1. The maximum Gasteiger partial charge on any atom is 0.327 e. The third-order valence-corrected chi connectivity index (χ3v) is 6.33. The van der Waals surface area contributed by atoms with Gasteiger partial charge in [0.15, 0.2) is 5.82 Å². The molecule has 0 aromatic carbocycles. The molecule has 3 N–H and O–H groups in total. The summed E-state index contributed by atoms with van der Waals surface area (Å²) in [6, 6.07) is 8.50. The molecule has 1 fully saturated rings. The Balaban J connectivity index is 1.44. The molecule has 3 aromatic rings. The molecule has 0 saturated carbocycles. The average molecular weight is 497 g/mol. The molecule has 2 amide bonds. The zero-order valence-electron chi connectivity index (χ0n) is 19.1. The van der Waals surface area contributed by atoms with Crippen molar-refractivity contribution >= 4 is 34.8 Å². The molecule has 0 radical (unpaired) electrons. The van der Waals surface area contributed by atoms with Gasteiger partial charge in [0.25, 0.3) is 0 Å². The van der Waals surface area contributed by atoms with E-state index >= 15 is 0 Å². The number of nitrogens with zero attached hydrogens (tertiary/aromatic N) is 5. The van der Waals surface area contributed by atoms with E-state index < -0.39 is 12.7 Å². The second kappa shape index (κ2) is 9.65. The molecule has 0 spiro atoms. The number of aliphatic hydroxyl groups is 2. The van der Waals surface area contributed by atoms with E-state index in [-0.39, 0.29) is 24.6 Å². The molecular formula is C24H25ClN6O4. The topological polar surface area (TPSA) is 124 Å². The SMILES string of the molecule is Cc1cc(-c2nc3c(cc2Cl)N2CC[C@@H](C2)N3C(=O)Nc2ccnc(OC[C@H](O)CO)c2)ccn1. The summed E-state index contributed by atoms with van der Waals surface area (Å²) in [6.45, 7) is 2.89. The van der Waals surface area contributed by atoms with E-state index in [0.717, 1.165) is 29.9 Å². The number of halogens is 1. The number of ether oxygens (including phenoxy) is 1. The largest absolute Gasteiger partial charge is 0.475 e. The van der Waals surface area contributed by atoms with Crippen LogP contribution >= 0.6 is 11.6 Å². The lowest BCUT2D eigenvalue weighted by atomic mass is 10.1. The van der Waals surface area contributed by atoms with Crippen LogP contribution in [0.5, 0.6) is 5.88 Å². The fourth-order valence-electron chi connectivity index (χ4n) is 4.37. The van der Waals surface area contributed by atoms with Crippen molar-refractivity contribution in [3.63, 3.8) is 0 Å². The van der Waals surface area contributed by atoms with Crippen LogP contribution in [0.2, 0.25) is 5.02 Å². The minimum Gasteiger partial charge on any atom is -0.475 e. The Morgan fingerprint density at radius 1 is 1.29 bits per heavy atom. The van der Waals surface area contributed by atoms with Crippen molar-refractivity contribution in [3.05, 3.63) is 53.4 Å². The molecular weight excluding hydrogens is 472 g/mol. The number of fused-ring (bicyclic) bond motifs is 4. The Morgan fingerprint density at radius 2 is 2.11 bits per heavy atom. The predicted molar refractivity (Wildman–Crippen MR) is 132 cm³/mol. The zero-order valence-corrected chi connectivity index (χ0v) is 19.8. The van der Waals surface area contributed by atoms with Crippen LogP contribution in [-0.4, -0.2) is 69.6 Å². The van der Waals surface area contributed by atoms with Crippen molar-refractivity contribution in [3.8, 4) is 17.1 Å². The highest BCUT2D eigenvalue weighted by atomic mass is 35.5. The molecule has 2 aliphatic rings. The number of amides is 2. The number of aryl methyl sites for hydroxylation is 1. The minimum atomic E-state index is -1.01. The van der Waals surface area contributed by atoms with Crippen molar-refractivity contribution < 1.29 is 19.7 Å². The first-order valence-electron chi connectivity index (χ1n) is 11.3. The number of rotatable bonds is 6. The second-order valence-electron chi connectivity index (χ2n) is 8.57. The van der Waals surface area contributed by atoms with Crippen molar-refractivity contribution in [2.45, 2.75) is 25.5 Å². The van der Waals surface area contributed by atoms with Gasteiger partial charge in [-0.15, -0.1) is 0 Å². The first-order chi connectivity index (χ1) is 16.9. The number of pyridine rings is 3. The smallest absolute Gasteiger partial charge is 0.327 e.